The summed E-state index contributed by atoms with van der Waals surface area (Å²) in [6.07, 6.45) is 4.96. The van der Waals surface area contributed by atoms with Gasteiger partial charge in [0.2, 0.25) is 0 Å². The Labute approximate surface area is 155 Å². The van der Waals surface area contributed by atoms with E-state index in [0.29, 0.717) is 17.2 Å². The number of amides is 3. The largest absolute Gasteiger partial charge is 0.393 e. The van der Waals surface area contributed by atoms with E-state index in [9.17, 15) is 14.7 Å². The number of benzene rings is 1. The number of hydrogen-bond donors (Lipinski definition) is 3. The Bertz CT molecular complexity index is 616. The van der Waals surface area contributed by atoms with E-state index in [2.05, 4.69) is 17.6 Å². The number of piperidine rings is 1. The highest BCUT2D eigenvalue weighted by molar-refractivity contribution is 5.95. The highest BCUT2D eigenvalue weighted by Gasteiger charge is 2.22. The van der Waals surface area contributed by atoms with E-state index in [1.54, 1.807) is 24.3 Å². The first kappa shape index (κ1) is 18.7. The van der Waals surface area contributed by atoms with Crippen LogP contribution in [0.2, 0.25) is 0 Å². The van der Waals surface area contributed by atoms with Crippen LogP contribution < -0.4 is 10.6 Å². The monoisotopic (exact) mass is 359 g/mol. The van der Waals surface area contributed by atoms with Crippen molar-refractivity contribution in [2.45, 2.75) is 57.6 Å². The highest BCUT2D eigenvalue weighted by Crippen LogP contribution is 2.20. The minimum absolute atomic E-state index is 0.0636. The third-order valence-electron chi connectivity index (χ3n) is 5.49. The van der Waals surface area contributed by atoms with Gasteiger partial charge < -0.3 is 20.6 Å². The van der Waals surface area contributed by atoms with E-state index >= 15 is 0 Å². The van der Waals surface area contributed by atoms with Crippen LogP contribution in [0.5, 0.6) is 0 Å². The van der Waals surface area contributed by atoms with Crippen molar-refractivity contribution in [2.24, 2.45) is 5.92 Å². The number of aliphatic hydroxyl groups is 1. The van der Waals surface area contributed by atoms with Crippen molar-refractivity contribution in [3.05, 3.63) is 29.8 Å². The van der Waals surface area contributed by atoms with Gasteiger partial charge in [-0.2, -0.15) is 0 Å². The molecule has 0 unspecified atom stereocenters. The standard InChI is InChI=1S/C20H29N3O3/c1-14-10-12-23(13-11-14)19(25)15-2-4-16(5-3-15)21-20(26)22-17-6-8-18(24)9-7-17/h2-5,14,17-18,24H,6-13H2,1H3,(H2,21,22,26). The van der Waals surface area contributed by atoms with Gasteiger partial charge in [0.1, 0.15) is 0 Å². The lowest BCUT2D eigenvalue weighted by Gasteiger charge is -2.30. The first-order valence-electron chi connectivity index (χ1n) is 9.66. The van der Waals surface area contributed by atoms with Crippen LogP contribution in [0.3, 0.4) is 0 Å². The summed E-state index contributed by atoms with van der Waals surface area (Å²) in [5, 5.41) is 15.3. The lowest BCUT2D eigenvalue weighted by atomic mass is 9.93. The van der Waals surface area contributed by atoms with Gasteiger partial charge in [0.25, 0.3) is 5.91 Å². The van der Waals surface area contributed by atoms with E-state index in [4.69, 9.17) is 0 Å². The normalized spacial score (nSPS) is 24.2. The fourth-order valence-electron chi connectivity index (χ4n) is 3.66. The predicted octanol–water partition coefficient (Wildman–Crippen LogP) is 2.98. The molecule has 6 heteroatoms. The zero-order chi connectivity index (χ0) is 18.5. The molecule has 0 spiro atoms. The molecular formula is C20H29N3O3. The molecule has 1 aromatic rings. The second-order valence-corrected chi connectivity index (χ2v) is 7.66. The fraction of sp³-hybridized carbons (Fsp3) is 0.600. The fourth-order valence-corrected chi connectivity index (χ4v) is 3.66. The predicted molar refractivity (Wildman–Crippen MR) is 101 cm³/mol. The number of urea groups is 1. The molecule has 0 atom stereocenters. The lowest BCUT2D eigenvalue weighted by molar-refractivity contribution is 0.0697. The van der Waals surface area contributed by atoms with Crippen LogP contribution in [0.1, 0.15) is 55.8 Å². The number of anilines is 1. The molecule has 1 saturated carbocycles. The Kier molecular flexibility index (Phi) is 6.14. The SMILES string of the molecule is CC1CCN(C(=O)c2ccc(NC(=O)NC3CCC(O)CC3)cc2)CC1. The average molecular weight is 359 g/mol. The van der Waals surface area contributed by atoms with Crippen LogP contribution in [0.15, 0.2) is 24.3 Å². The van der Waals surface area contributed by atoms with E-state index in [1.165, 1.54) is 0 Å². The third kappa shape index (κ3) is 4.97. The number of likely N-dealkylation sites (tertiary alicyclic amines) is 1. The summed E-state index contributed by atoms with van der Waals surface area (Å²) in [7, 11) is 0. The van der Waals surface area contributed by atoms with Gasteiger partial charge in [-0.15, -0.1) is 0 Å². The summed E-state index contributed by atoms with van der Waals surface area (Å²) in [4.78, 5) is 26.5. The van der Waals surface area contributed by atoms with Gasteiger partial charge in [-0.25, -0.2) is 4.79 Å². The van der Waals surface area contributed by atoms with Gasteiger partial charge in [-0.05, 0) is 68.7 Å². The van der Waals surface area contributed by atoms with Crippen molar-refractivity contribution >= 4 is 17.6 Å². The molecule has 2 fully saturated rings. The smallest absolute Gasteiger partial charge is 0.319 e. The second-order valence-electron chi connectivity index (χ2n) is 7.66. The van der Waals surface area contributed by atoms with Crippen molar-refractivity contribution in [3.8, 4) is 0 Å². The molecule has 0 aromatic heterocycles. The lowest BCUT2D eigenvalue weighted by Crippen LogP contribution is -2.40. The topological polar surface area (TPSA) is 81.7 Å². The number of carbonyl (C=O) groups is 2. The van der Waals surface area contributed by atoms with Crippen molar-refractivity contribution < 1.29 is 14.7 Å². The van der Waals surface area contributed by atoms with Crippen LogP contribution in [0, 0.1) is 5.92 Å². The van der Waals surface area contributed by atoms with Crippen molar-refractivity contribution in [1.29, 1.82) is 0 Å². The number of hydrogen-bond acceptors (Lipinski definition) is 3. The highest BCUT2D eigenvalue weighted by atomic mass is 16.3. The summed E-state index contributed by atoms with van der Waals surface area (Å²) in [5.41, 5.74) is 1.33. The van der Waals surface area contributed by atoms with Gasteiger partial charge in [0.05, 0.1) is 6.10 Å². The number of nitrogens with one attached hydrogen (secondary N) is 2. The average Bonchev–Trinajstić information content (AvgIpc) is 2.64. The Balaban J connectivity index is 1.49. The van der Waals surface area contributed by atoms with E-state index < -0.39 is 0 Å². The molecule has 1 aromatic carbocycles. The van der Waals surface area contributed by atoms with Crippen molar-refractivity contribution in [1.82, 2.24) is 10.2 Å². The quantitative estimate of drug-likeness (QED) is 0.776. The summed E-state index contributed by atoms with van der Waals surface area (Å²) >= 11 is 0. The van der Waals surface area contributed by atoms with E-state index in [1.807, 2.05) is 4.90 Å². The number of nitrogens with zero attached hydrogens (tertiary/aromatic N) is 1. The van der Waals surface area contributed by atoms with Crippen LogP contribution in [-0.4, -0.2) is 47.2 Å². The van der Waals surface area contributed by atoms with Crippen LogP contribution >= 0.6 is 0 Å². The van der Waals surface area contributed by atoms with E-state index in [-0.39, 0.29) is 24.1 Å². The maximum absolute atomic E-state index is 12.5. The molecule has 6 nitrogen and oxygen atoms in total. The molecule has 1 saturated heterocycles. The maximum Gasteiger partial charge on any atom is 0.319 e. The van der Waals surface area contributed by atoms with Crippen LogP contribution in [0.4, 0.5) is 10.5 Å². The van der Waals surface area contributed by atoms with Crippen LogP contribution in [0.25, 0.3) is 0 Å². The molecule has 3 amide bonds. The first-order chi connectivity index (χ1) is 12.5. The number of rotatable bonds is 3. The molecular weight excluding hydrogens is 330 g/mol. The molecule has 1 aliphatic heterocycles. The number of aliphatic hydroxyl groups excluding tert-OH is 1. The molecule has 2 aliphatic rings. The van der Waals surface area contributed by atoms with E-state index in [0.717, 1.165) is 51.6 Å². The summed E-state index contributed by atoms with van der Waals surface area (Å²) in [6, 6.07) is 6.95. The van der Waals surface area contributed by atoms with Crippen LogP contribution in [-0.2, 0) is 0 Å². The van der Waals surface area contributed by atoms with Crippen molar-refractivity contribution in [2.75, 3.05) is 18.4 Å². The molecule has 0 bridgehead atoms. The van der Waals surface area contributed by atoms with Gasteiger partial charge >= 0.3 is 6.03 Å². The van der Waals surface area contributed by atoms with Gasteiger partial charge in [-0.1, -0.05) is 6.92 Å². The molecule has 3 rings (SSSR count). The molecule has 142 valence electrons. The molecule has 26 heavy (non-hydrogen) atoms. The molecule has 0 radical (unpaired) electrons. The zero-order valence-corrected chi connectivity index (χ0v) is 15.4. The summed E-state index contributed by atoms with van der Waals surface area (Å²) < 4.78 is 0. The number of carbonyl (C=O) groups excluding carboxylic acids is 2. The molecule has 3 N–H and O–H groups in total. The molecule has 1 heterocycles. The van der Waals surface area contributed by atoms with Gasteiger partial charge in [0, 0.05) is 30.4 Å². The molecule has 1 aliphatic carbocycles. The minimum atomic E-state index is -0.240. The Morgan fingerprint density at radius 3 is 2.23 bits per heavy atom. The summed E-state index contributed by atoms with van der Waals surface area (Å²) in [6.45, 7) is 3.86. The summed E-state index contributed by atoms with van der Waals surface area (Å²) in [5.74, 6) is 0.755. The Hall–Kier alpha value is -2.08. The Morgan fingerprint density at radius 1 is 1.00 bits per heavy atom. The Morgan fingerprint density at radius 2 is 1.62 bits per heavy atom. The zero-order valence-electron chi connectivity index (χ0n) is 15.4. The second kappa shape index (κ2) is 8.54. The minimum Gasteiger partial charge on any atom is -0.393 e. The third-order valence-corrected chi connectivity index (χ3v) is 5.49. The first-order valence-corrected chi connectivity index (χ1v) is 9.66. The van der Waals surface area contributed by atoms with Crippen molar-refractivity contribution in [3.63, 3.8) is 0 Å². The van der Waals surface area contributed by atoms with Gasteiger partial charge in [-0.3, -0.25) is 4.79 Å². The maximum atomic E-state index is 12.5. The van der Waals surface area contributed by atoms with Gasteiger partial charge in [0.15, 0.2) is 0 Å².